The van der Waals surface area contributed by atoms with Crippen LogP contribution in [0.25, 0.3) is 0 Å². The third-order valence-electron chi connectivity index (χ3n) is 1.53. The maximum Gasteiger partial charge on any atom is 0.293 e. The van der Waals surface area contributed by atoms with Crippen LogP contribution in [-0.4, -0.2) is 18.1 Å². The Morgan fingerprint density at radius 1 is 1.23 bits per heavy atom. The van der Waals surface area contributed by atoms with Crippen LogP contribution in [0, 0.1) is 0 Å². The van der Waals surface area contributed by atoms with Crippen molar-refractivity contribution in [3.05, 3.63) is 29.8 Å². The van der Waals surface area contributed by atoms with E-state index in [0.717, 1.165) is 0 Å². The lowest BCUT2D eigenvalue weighted by Gasteiger charge is -1.99. The number of methoxy groups -OCH3 is 1. The summed E-state index contributed by atoms with van der Waals surface area (Å²) in [6, 6.07) is 6.16. The second-order valence-electron chi connectivity index (χ2n) is 2.33. The summed E-state index contributed by atoms with van der Waals surface area (Å²) in [6.45, 7) is 0. The van der Waals surface area contributed by atoms with Crippen molar-refractivity contribution in [1.82, 2.24) is 0 Å². The molecule has 0 spiro atoms. The van der Waals surface area contributed by atoms with Crippen LogP contribution >= 0.6 is 11.6 Å². The molecule has 68 valence electrons. The molecular formula is C9H7ClO3. The average molecular weight is 199 g/mol. The van der Waals surface area contributed by atoms with E-state index in [1.54, 1.807) is 12.1 Å². The number of hydrogen-bond acceptors (Lipinski definition) is 3. The van der Waals surface area contributed by atoms with Crippen LogP contribution in [-0.2, 0) is 4.79 Å². The topological polar surface area (TPSA) is 43.4 Å². The van der Waals surface area contributed by atoms with Gasteiger partial charge in [0.2, 0.25) is 5.78 Å². The molecule has 1 aromatic rings. The Bertz CT molecular complexity index is 329. The van der Waals surface area contributed by atoms with Crippen molar-refractivity contribution >= 4 is 22.6 Å². The van der Waals surface area contributed by atoms with E-state index in [1.807, 2.05) is 0 Å². The minimum atomic E-state index is -0.981. The third kappa shape index (κ3) is 2.29. The summed E-state index contributed by atoms with van der Waals surface area (Å²) in [5.74, 6) is -0.0807. The number of Topliss-reactive ketones (excluding diaryl/α,β-unsaturated/α-hetero) is 1. The van der Waals surface area contributed by atoms with Gasteiger partial charge in [-0.2, -0.15) is 0 Å². The summed E-state index contributed by atoms with van der Waals surface area (Å²) in [6.07, 6.45) is 0. The zero-order valence-electron chi connectivity index (χ0n) is 6.91. The fourth-order valence-corrected chi connectivity index (χ4v) is 0.965. The van der Waals surface area contributed by atoms with Crippen molar-refractivity contribution in [2.45, 2.75) is 0 Å². The predicted octanol–water partition coefficient (Wildman–Crippen LogP) is 1.64. The van der Waals surface area contributed by atoms with Crippen LogP contribution in [0.4, 0.5) is 0 Å². The summed E-state index contributed by atoms with van der Waals surface area (Å²) in [5, 5.41) is -0.981. The molecule has 0 saturated carbocycles. The van der Waals surface area contributed by atoms with Crippen molar-refractivity contribution < 1.29 is 14.3 Å². The van der Waals surface area contributed by atoms with Gasteiger partial charge in [0, 0.05) is 5.56 Å². The van der Waals surface area contributed by atoms with Crippen LogP contribution in [0.2, 0.25) is 0 Å². The first-order chi connectivity index (χ1) is 6.15. The van der Waals surface area contributed by atoms with E-state index in [9.17, 15) is 9.59 Å². The number of hydrogen-bond donors (Lipinski definition) is 0. The van der Waals surface area contributed by atoms with Crippen LogP contribution in [0.5, 0.6) is 5.75 Å². The highest BCUT2D eigenvalue weighted by Crippen LogP contribution is 2.12. The molecule has 0 radical (unpaired) electrons. The molecule has 0 aliphatic rings. The molecule has 0 aromatic heterocycles. The molecule has 0 saturated heterocycles. The van der Waals surface area contributed by atoms with Gasteiger partial charge in [0.1, 0.15) is 5.75 Å². The Kier molecular flexibility index (Phi) is 3.03. The highest BCUT2D eigenvalue weighted by molar-refractivity contribution is 6.83. The van der Waals surface area contributed by atoms with Crippen molar-refractivity contribution in [3.63, 3.8) is 0 Å². The molecule has 13 heavy (non-hydrogen) atoms. The maximum absolute atomic E-state index is 11.0. The second kappa shape index (κ2) is 4.05. The highest BCUT2D eigenvalue weighted by Gasteiger charge is 2.12. The summed E-state index contributed by atoms with van der Waals surface area (Å²) in [7, 11) is 1.52. The molecule has 0 unspecified atom stereocenters. The van der Waals surface area contributed by atoms with Crippen LogP contribution in [0.15, 0.2) is 24.3 Å². The lowest BCUT2D eigenvalue weighted by molar-refractivity contribution is -0.108. The van der Waals surface area contributed by atoms with Gasteiger partial charge in [-0.1, -0.05) is 0 Å². The Balaban J connectivity index is 2.92. The van der Waals surface area contributed by atoms with Crippen molar-refractivity contribution in [2.24, 2.45) is 0 Å². The van der Waals surface area contributed by atoms with E-state index in [-0.39, 0.29) is 5.56 Å². The minimum Gasteiger partial charge on any atom is -0.497 e. The lowest BCUT2D eigenvalue weighted by Crippen LogP contribution is -2.06. The van der Waals surface area contributed by atoms with Gasteiger partial charge in [-0.05, 0) is 35.9 Å². The quantitative estimate of drug-likeness (QED) is 0.421. The maximum atomic E-state index is 11.0. The molecule has 3 nitrogen and oxygen atoms in total. The van der Waals surface area contributed by atoms with Crippen molar-refractivity contribution in [2.75, 3.05) is 7.11 Å². The molecule has 0 fully saturated rings. The van der Waals surface area contributed by atoms with Crippen LogP contribution in [0.1, 0.15) is 10.4 Å². The average Bonchev–Trinajstić information content (AvgIpc) is 2.17. The van der Waals surface area contributed by atoms with Gasteiger partial charge < -0.3 is 4.74 Å². The molecule has 4 heteroatoms. The normalized spacial score (nSPS) is 9.38. The van der Waals surface area contributed by atoms with E-state index in [4.69, 9.17) is 16.3 Å². The molecule has 0 amide bonds. The molecule has 0 N–H and O–H groups in total. The standard InChI is InChI=1S/C9H7ClO3/c1-13-7-4-2-6(3-5-7)8(11)9(10)12/h2-5H,1H3. The van der Waals surface area contributed by atoms with Gasteiger partial charge in [0.05, 0.1) is 7.11 Å². The van der Waals surface area contributed by atoms with E-state index >= 15 is 0 Å². The molecule has 0 bridgehead atoms. The van der Waals surface area contributed by atoms with E-state index in [2.05, 4.69) is 0 Å². The number of ether oxygens (including phenoxy) is 1. The first-order valence-corrected chi connectivity index (χ1v) is 3.91. The number of rotatable bonds is 3. The van der Waals surface area contributed by atoms with Crippen molar-refractivity contribution in [3.8, 4) is 5.75 Å². The van der Waals surface area contributed by atoms with Gasteiger partial charge in [-0.3, -0.25) is 9.59 Å². The first kappa shape index (κ1) is 9.74. The Hall–Kier alpha value is -1.35. The third-order valence-corrected chi connectivity index (χ3v) is 1.70. The number of carbonyl (C=O) groups excluding carboxylic acids is 2. The van der Waals surface area contributed by atoms with E-state index in [1.165, 1.54) is 19.2 Å². The van der Waals surface area contributed by atoms with Gasteiger partial charge in [-0.15, -0.1) is 0 Å². The fourth-order valence-electron chi connectivity index (χ4n) is 0.856. The lowest BCUT2D eigenvalue weighted by atomic mass is 10.1. The highest BCUT2D eigenvalue weighted by atomic mass is 35.5. The smallest absolute Gasteiger partial charge is 0.293 e. The van der Waals surface area contributed by atoms with Gasteiger partial charge in [0.15, 0.2) is 0 Å². The largest absolute Gasteiger partial charge is 0.497 e. The molecule has 0 atom stereocenters. The first-order valence-electron chi connectivity index (χ1n) is 3.53. The number of ketones is 1. The van der Waals surface area contributed by atoms with E-state index < -0.39 is 11.0 Å². The number of carbonyl (C=O) groups is 2. The Morgan fingerprint density at radius 2 is 1.77 bits per heavy atom. The molecule has 1 aromatic carbocycles. The van der Waals surface area contributed by atoms with Crippen molar-refractivity contribution in [1.29, 1.82) is 0 Å². The Labute approximate surface area is 80.3 Å². The summed E-state index contributed by atoms with van der Waals surface area (Å²) >= 11 is 5.02. The Morgan fingerprint density at radius 3 is 2.15 bits per heavy atom. The van der Waals surface area contributed by atoms with Gasteiger partial charge >= 0.3 is 0 Å². The van der Waals surface area contributed by atoms with Gasteiger partial charge in [-0.25, -0.2) is 0 Å². The predicted molar refractivity (Wildman–Crippen MR) is 48.2 cm³/mol. The van der Waals surface area contributed by atoms with Crippen LogP contribution in [0.3, 0.4) is 0 Å². The minimum absolute atomic E-state index is 0.265. The zero-order chi connectivity index (χ0) is 9.84. The SMILES string of the molecule is COc1ccc(C(=O)C(=O)Cl)cc1. The number of halogens is 1. The molecular weight excluding hydrogens is 192 g/mol. The summed E-state index contributed by atoms with van der Waals surface area (Å²) in [5.41, 5.74) is 0.265. The summed E-state index contributed by atoms with van der Waals surface area (Å²) in [4.78, 5) is 21.5. The second-order valence-corrected chi connectivity index (χ2v) is 2.67. The van der Waals surface area contributed by atoms with Gasteiger partial charge in [0.25, 0.3) is 5.24 Å². The number of benzene rings is 1. The van der Waals surface area contributed by atoms with Crippen LogP contribution < -0.4 is 4.74 Å². The monoisotopic (exact) mass is 198 g/mol. The molecule has 0 aliphatic heterocycles. The molecule has 0 heterocycles. The fraction of sp³-hybridized carbons (Fsp3) is 0.111. The zero-order valence-corrected chi connectivity index (χ0v) is 7.67. The molecule has 0 aliphatic carbocycles. The summed E-state index contributed by atoms with van der Waals surface area (Å²) < 4.78 is 4.88. The molecule has 1 rings (SSSR count). The van der Waals surface area contributed by atoms with E-state index in [0.29, 0.717) is 5.75 Å².